The van der Waals surface area contributed by atoms with Crippen molar-refractivity contribution in [1.29, 1.82) is 0 Å². The maximum Gasteiger partial charge on any atom is 0.246 e. The predicted molar refractivity (Wildman–Crippen MR) is 86.0 cm³/mol. The van der Waals surface area contributed by atoms with Crippen molar-refractivity contribution in [2.75, 3.05) is 14.1 Å². The van der Waals surface area contributed by atoms with E-state index < -0.39 is 10.0 Å². The smallest absolute Gasteiger partial charge is 0.246 e. The van der Waals surface area contributed by atoms with Gasteiger partial charge in [0, 0.05) is 25.9 Å². The molecule has 1 aromatic carbocycles. The monoisotopic (exact) mass is 319 g/mol. The van der Waals surface area contributed by atoms with Crippen LogP contribution >= 0.6 is 0 Å². The third-order valence-electron chi connectivity index (χ3n) is 4.20. The lowest BCUT2D eigenvalue weighted by atomic mass is 10.2. The zero-order valence-corrected chi connectivity index (χ0v) is 13.8. The zero-order chi connectivity index (χ0) is 15.7. The van der Waals surface area contributed by atoms with Crippen LogP contribution in [0.1, 0.15) is 31.7 Å². The topological polar surface area (TPSA) is 55.2 Å². The molecule has 3 rings (SSSR count). The Morgan fingerprint density at radius 2 is 1.77 bits per heavy atom. The van der Waals surface area contributed by atoms with Crippen LogP contribution in [0.3, 0.4) is 0 Å². The Morgan fingerprint density at radius 3 is 2.36 bits per heavy atom. The average molecular weight is 319 g/mol. The third-order valence-corrected chi connectivity index (χ3v) is 6.02. The second-order valence-electron chi connectivity index (χ2n) is 5.91. The Labute approximate surface area is 131 Å². The van der Waals surface area contributed by atoms with Crippen LogP contribution in [0.4, 0.5) is 0 Å². The fourth-order valence-electron chi connectivity index (χ4n) is 2.91. The van der Waals surface area contributed by atoms with Crippen LogP contribution in [-0.2, 0) is 10.0 Å². The van der Waals surface area contributed by atoms with Crippen molar-refractivity contribution >= 4 is 10.0 Å². The molecule has 1 aromatic heterocycles. The van der Waals surface area contributed by atoms with E-state index in [0.29, 0.717) is 11.7 Å². The van der Waals surface area contributed by atoms with E-state index in [0.717, 1.165) is 18.4 Å². The molecule has 118 valence electrons. The van der Waals surface area contributed by atoms with Crippen molar-refractivity contribution in [1.82, 2.24) is 14.1 Å². The van der Waals surface area contributed by atoms with Crippen LogP contribution in [0.15, 0.2) is 41.4 Å². The fourth-order valence-corrected chi connectivity index (χ4v) is 3.95. The average Bonchev–Trinajstić information content (AvgIpc) is 3.17. The molecule has 0 spiro atoms. The van der Waals surface area contributed by atoms with E-state index in [1.165, 1.54) is 17.1 Å². The molecule has 5 nitrogen and oxygen atoms in total. The summed E-state index contributed by atoms with van der Waals surface area (Å²) in [4.78, 5) is 0.288. The minimum absolute atomic E-state index is 0.288. The molecule has 1 fully saturated rings. The molecule has 1 saturated carbocycles. The van der Waals surface area contributed by atoms with Crippen molar-refractivity contribution in [3.05, 3.63) is 36.5 Å². The Morgan fingerprint density at radius 1 is 1.14 bits per heavy atom. The molecule has 0 atom stereocenters. The quantitative estimate of drug-likeness (QED) is 0.870. The van der Waals surface area contributed by atoms with Crippen molar-refractivity contribution in [3.8, 4) is 11.3 Å². The molecule has 0 N–H and O–H groups in total. The van der Waals surface area contributed by atoms with Gasteiger partial charge in [0.05, 0.1) is 6.04 Å². The van der Waals surface area contributed by atoms with E-state index >= 15 is 0 Å². The van der Waals surface area contributed by atoms with E-state index in [1.54, 1.807) is 20.3 Å². The number of sulfonamides is 1. The third kappa shape index (κ3) is 2.68. The number of benzene rings is 1. The Balaban J connectivity index is 2.14. The molecule has 22 heavy (non-hydrogen) atoms. The summed E-state index contributed by atoms with van der Waals surface area (Å²) in [7, 11) is -0.409. The van der Waals surface area contributed by atoms with E-state index in [-0.39, 0.29) is 4.90 Å². The summed E-state index contributed by atoms with van der Waals surface area (Å²) in [6.07, 6.45) is 6.20. The molecule has 6 heteroatoms. The van der Waals surface area contributed by atoms with Gasteiger partial charge in [0.1, 0.15) is 10.6 Å². The predicted octanol–water partition coefficient (Wildman–Crippen LogP) is 2.92. The van der Waals surface area contributed by atoms with Crippen molar-refractivity contribution in [3.63, 3.8) is 0 Å². The van der Waals surface area contributed by atoms with Crippen LogP contribution in [0.25, 0.3) is 11.3 Å². The molecule has 0 aliphatic heterocycles. The second-order valence-corrected chi connectivity index (χ2v) is 8.03. The highest BCUT2D eigenvalue weighted by Gasteiger charge is 2.28. The zero-order valence-electron chi connectivity index (χ0n) is 12.9. The summed E-state index contributed by atoms with van der Waals surface area (Å²) in [5.41, 5.74) is 1.38. The van der Waals surface area contributed by atoms with Gasteiger partial charge in [-0.15, -0.1) is 0 Å². The van der Waals surface area contributed by atoms with Gasteiger partial charge < -0.3 is 0 Å². The first-order chi connectivity index (χ1) is 10.5. The summed E-state index contributed by atoms with van der Waals surface area (Å²) in [6.45, 7) is 0. The largest absolute Gasteiger partial charge is 0.268 e. The van der Waals surface area contributed by atoms with Gasteiger partial charge in [-0.05, 0) is 12.8 Å². The van der Waals surface area contributed by atoms with E-state index in [2.05, 4.69) is 5.10 Å². The molecule has 0 saturated heterocycles. The van der Waals surface area contributed by atoms with E-state index in [9.17, 15) is 8.42 Å². The maximum atomic E-state index is 12.6. The van der Waals surface area contributed by atoms with Gasteiger partial charge in [-0.2, -0.15) is 5.10 Å². The lowest BCUT2D eigenvalue weighted by molar-refractivity contribution is 0.466. The first-order valence-corrected chi connectivity index (χ1v) is 9.01. The van der Waals surface area contributed by atoms with Crippen molar-refractivity contribution in [2.24, 2.45) is 0 Å². The Bertz CT molecular complexity index is 745. The van der Waals surface area contributed by atoms with Crippen LogP contribution in [-0.4, -0.2) is 36.6 Å². The first-order valence-electron chi connectivity index (χ1n) is 7.57. The minimum Gasteiger partial charge on any atom is -0.268 e. The lowest BCUT2D eigenvalue weighted by Crippen LogP contribution is -2.22. The number of rotatable bonds is 4. The first kappa shape index (κ1) is 15.2. The number of aromatic nitrogens is 2. The van der Waals surface area contributed by atoms with Gasteiger partial charge >= 0.3 is 0 Å². The van der Waals surface area contributed by atoms with Gasteiger partial charge in [-0.25, -0.2) is 12.7 Å². The summed E-state index contributed by atoms with van der Waals surface area (Å²) >= 11 is 0. The Hall–Kier alpha value is -1.66. The number of nitrogens with zero attached hydrogens (tertiary/aromatic N) is 3. The van der Waals surface area contributed by atoms with Gasteiger partial charge in [0.25, 0.3) is 0 Å². The molecule has 0 unspecified atom stereocenters. The number of hydrogen-bond donors (Lipinski definition) is 0. The van der Waals surface area contributed by atoms with Crippen LogP contribution in [0.5, 0.6) is 0 Å². The minimum atomic E-state index is -3.51. The van der Waals surface area contributed by atoms with Gasteiger partial charge in [0.2, 0.25) is 10.0 Å². The molecule has 1 aliphatic carbocycles. The van der Waals surface area contributed by atoms with Crippen LogP contribution in [0.2, 0.25) is 0 Å². The molecule has 0 amide bonds. The van der Waals surface area contributed by atoms with Gasteiger partial charge in [-0.1, -0.05) is 43.2 Å². The molecule has 1 heterocycles. The normalized spacial score (nSPS) is 16.5. The SMILES string of the molecule is CN(C)S(=O)(=O)c1cn(C2CCCC2)nc1-c1ccccc1. The molecule has 1 aliphatic rings. The molecule has 0 radical (unpaired) electrons. The summed E-state index contributed by atoms with van der Waals surface area (Å²) < 4.78 is 28.4. The molecule has 2 aromatic rings. The Kier molecular flexibility index (Phi) is 4.06. The van der Waals surface area contributed by atoms with Crippen molar-refractivity contribution < 1.29 is 8.42 Å². The van der Waals surface area contributed by atoms with Gasteiger partial charge in [-0.3, -0.25) is 4.68 Å². The highest BCUT2D eigenvalue weighted by molar-refractivity contribution is 7.89. The second kappa shape index (κ2) is 5.85. The summed E-state index contributed by atoms with van der Waals surface area (Å²) in [5, 5.41) is 4.62. The maximum absolute atomic E-state index is 12.6. The molecular formula is C16H21N3O2S. The van der Waals surface area contributed by atoms with Crippen LogP contribution in [0, 0.1) is 0 Å². The highest BCUT2D eigenvalue weighted by Crippen LogP contribution is 2.33. The highest BCUT2D eigenvalue weighted by atomic mass is 32.2. The lowest BCUT2D eigenvalue weighted by Gasteiger charge is -2.11. The molecule has 0 bridgehead atoms. The standard InChI is InChI=1S/C16H21N3O2S/c1-18(2)22(20,21)15-12-19(14-10-6-7-11-14)17-16(15)13-8-4-3-5-9-13/h3-5,8-9,12,14H,6-7,10-11H2,1-2H3. The van der Waals surface area contributed by atoms with Crippen molar-refractivity contribution in [2.45, 2.75) is 36.6 Å². The fraction of sp³-hybridized carbons (Fsp3) is 0.438. The number of hydrogen-bond acceptors (Lipinski definition) is 3. The van der Waals surface area contributed by atoms with Crippen LogP contribution < -0.4 is 0 Å². The van der Waals surface area contributed by atoms with E-state index in [1.807, 2.05) is 35.0 Å². The van der Waals surface area contributed by atoms with Gasteiger partial charge in [0.15, 0.2) is 0 Å². The summed E-state index contributed by atoms with van der Waals surface area (Å²) in [6, 6.07) is 9.82. The summed E-state index contributed by atoms with van der Waals surface area (Å²) in [5.74, 6) is 0. The molecular weight excluding hydrogens is 298 g/mol. The van der Waals surface area contributed by atoms with E-state index in [4.69, 9.17) is 0 Å².